The van der Waals surface area contributed by atoms with E-state index in [0.29, 0.717) is 36.3 Å². The van der Waals surface area contributed by atoms with Gasteiger partial charge in [-0.05, 0) is 75.2 Å². The van der Waals surface area contributed by atoms with Gasteiger partial charge >= 0.3 is 0 Å². The largest absolute Gasteiger partial charge is 0.354 e. The van der Waals surface area contributed by atoms with E-state index in [1.165, 1.54) is 19.3 Å². The van der Waals surface area contributed by atoms with Crippen molar-refractivity contribution in [3.8, 4) is 0 Å². The molecular weight excluding hydrogens is 400 g/mol. The molecule has 2 aliphatic carbocycles. The summed E-state index contributed by atoms with van der Waals surface area (Å²) in [4.78, 5) is 30.9. The third-order valence-electron chi connectivity index (χ3n) is 7.59. The van der Waals surface area contributed by atoms with Crippen LogP contribution in [0.5, 0.6) is 0 Å². The third-order valence-corrected chi connectivity index (χ3v) is 7.59. The monoisotopic (exact) mass is 448 g/mol. The number of hydrogen-bond acceptors (Lipinski definition) is 4. The van der Waals surface area contributed by atoms with Crippen molar-refractivity contribution in [3.05, 3.63) is 0 Å². The average Bonchev–Trinajstić information content (AvgIpc) is 3.61. The molecule has 1 saturated heterocycles. The number of carbonyl (C=O) groups is 2. The number of piperidine rings is 1. The molecule has 1 aliphatic heterocycles. The van der Waals surface area contributed by atoms with Crippen molar-refractivity contribution in [2.24, 2.45) is 35.3 Å². The van der Waals surface area contributed by atoms with Crippen molar-refractivity contribution < 1.29 is 9.59 Å². The summed E-state index contributed by atoms with van der Waals surface area (Å²) in [6, 6.07) is 0.0488. The van der Waals surface area contributed by atoms with Gasteiger partial charge in [0.15, 0.2) is 0 Å². The van der Waals surface area contributed by atoms with Crippen molar-refractivity contribution in [2.75, 3.05) is 32.7 Å². The lowest BCUT2D eigenvalue weighted by atomic mass is 9.81. The first kappa shape index (κ1) is 25.5. The number of nitrogens with one attached hydrogen (secondary N) is 1. The first-order valence-corrected chi connectivity index (χ1v) is 13.3. The minimum atomic E-state index is -0.322. The first-order valence-electron chi connectivity index (χ1n) is 13.3. The molecule has 2 amide bonds. The van der Waals surface area contributed by atoms with Crippen LogP contribution in [0.2, 0.25) is 0 Å². The minimum absolute atomic E-state index is 0.0626. The lowest BCUT2D eigenvalue weighted by Crippen LogP contribution is -2.58. The van der Waals surface area contributed by atoms with E-state index in [-0.39, 0.29) is 23.8 Å². The molecule has 0 aromatic heterocycles. The Morgan fingerprint density at radius 2 is 1.62 bits per heavy atom. The van der Waals surface area contributed by atoms with Crippen LogP contribution < -0.4 is 11.1 Å². The molecule has 3 N–H and O–H groups in total. The second-order valence-electron chi connectivity index (χ2n) is 11.6. The molecule has 184 valence electrons. The standard InChI is InChI=1S/C26H48N4O2/c1-18(2)16-29(17-19(3)4)23-10-11-30(26(32)22-8-9-22)24(13-23)25(31)28-15-21-7-5-6-20(12-21)14-27/h18-24H,5-17,27H2,1-4H3,(H,28,31)/t20?,21?,23?,24-/m1/s1. The summed E-state index contributed by atoms with van der Waals surface area (Å²) in [5, 5.41) is 3.26. The zero-order valence-corrected chi connectivity index (χ0v) is 21.0. The van der Waals surface area contributed by atoms with Crippen LogP contribution in [0.4, 0.5) is 0 Å². The minimum Gasteiger partial charge on any atom is -0.354 e. The van der Waals surface area contributed by atoms with Gasteiger partial charge in [0, 0.05) is 38.1 Å². The Morgan fingerprint density at radius 1 is 0.969 bits per heavy atom. The summed E-state index contributed by atoms with van der Waals surface area (Å²) in [6.07, 6.45) is 8.43. The van der Waals surface area contributed by atoms with Gasteiger partial charge in [0.25, 0.3) is 0 Å². The highest BCUT2D eigenvalue weighted by molar-refractivity contribution is 5.89. The van der Waals surface area contributed by atoms with Gasteiger partial charge in [0.1, 0.15) is 6.04 Å². The number of rotatable bonds is 10. The second kappa shape index (κ2) is 11.8. The molecule has 6 heteroatoms. The molecular formula is C26H48N4O2. The molecule has 0 radical (unpaired) electrons. The summed E-state index contributed by atoms with van der Waals surface area (Å²) in [5.74, 6) is 2.73. The van der Waals surface area contributed by atoms with E-state index < -0.39 is 0 Å². The van der Waals surface area contributed by atoms with Crippen molar-refractivity contribution in [3.63, 3.8) is 0 Å². The van der Waals surface area contributed by atoms with Gasteiger partial charge in [0.2, 0.25) is 11.8 Å². The number of carbonyl (C=O) groups excluding carboxylic acids is 2. The van der Waals surface area contributed by atoms with E-state index in [1.54, 1.807) is 0 Å². The maximum absolute atomic E-state index is 13.4. The van der Waals surface area contributed by atoms with Crippen LogP contribution in [-0.4, -0.2) is 66.4 Å². The highest BCUT2D eigenvalue weighted by Gasteiger charge is 2.43. The van der Waals surface area contributed by atoms with Gasteiger partial charge in [-0.3, -0.25) is 14.5 Å². The predicted molar refractivity (Wildman–Crippen MR) is 130 cm³/mol. The Labute approximate surface area is 196 Å². The molecule has 4 atom stereocenters. The van der Waals surface area contributed by atoms with Gasteiger partial charge in [-0.25, -0.2) is 0 Å². The molecule has 3 rings (SSSR count). The van der Waals surface area contributed by atoms with Gasteiger partial charge in [0.05, 0.1) is 0 Å². The van der Waals surface area contributed by atoms with Gasteiger partial charge in [-0.15, -0.1) is 0 Å². The average molecular weight is 449 g/mol. The molecule has 32 heavy (non-hydrogen) atoms. The fraction of sp³-hybridized carbons (Fsp3) is 0.923. The highest BCUT2D eigenvalue weighted by atomic mass is 16.2. The Kier molecular flexibility index (Phi) is 9.42. The van der Waals surface area contributed by atoms with Crippen LogP contribution in [0.25, 0.3) is 0 Å². The van der Waals surface area contributed by atoms with Crippen LogP contribution in [-0.2, 0) is 9.59 Å². The molecule has 0 bridgehead atoms. The smallest absolute Gasteiger partial charge is 0.242 e. The maximum Gasteiger partial charge on any atom is 0.242 e. The molecule has 1 heterocycles. The van der Waals surface area contributed by atoms with Gasteiger partial charge in [-0.2, -0.15) is 0 Å². The van der Waals surface area contributed by atoms with E-state index in [2.05, 4.69) is 37.9 Å². The molecule has 3 fully saturated rings. The topological polar surface area (TPSA) is 78.7 Å². The highest BCUT2D eigenvalue weighted by Crippen LogP contribution is 2.34. The Hall–Kier alpha value is -1.14. The van der Waals surface area contributed by atoms with E-state index in [9.17, 15) is 9.59 Å². The molecule has 6 nitrogen and oxygen atoms in total. The summed E-state index contributed by atoms with van der Waals surface area (Å²) >= 11 is 0. The van der Waals surface area contributed by atoms with E-state index >= 15 is 0 Å². The lowest BCUT2D eigenvalue weighted by Gasteiger charge is -2.44. The predicted octanol–water partition coefficient (Wildman–Crippen LogP) is 3.25. The molecule has 0 aromatic rings. The zero-order chi connectivity index (χ0) is 23.3. The van der Waals surface area contributed by atoms with Crippen LogP contribution >= 0.6 is 0 Å². The van der Waals surface area contributed by atoms with E-state index in [4.69, 9.17) is 5.73 Å². The zero-order valence-electron chi connectivity index (χ0n) is 21.0. The summed E-state index contributed by atoms with van der Waals surface area (Å²) in [5.41, 5.74) is 5.90. The third kappa shape index (κ3) is 7.18. The summed E-state index contributed by atoms with van der Waals surface area (Å²) < 4.78 is 0. The SMILES string of the molecule is CC(C)CN(CC(C)C)C1CCN(C(=O)C2CC2)[C@@H](C(=O)NCC2CCCC(CN)C2)C1. The second-order valence-corrected chi connectivity index (χ2v) is 11.6. The van der Waals surface area contributed by atoms with Crippen LogP contribution in [0, 0.1) is 29.6 Å². The molecule has 3 unspecified atom stereocenters. The van der Waals surface area contributed by atoms with Crippen LogP contribution in [0.15, 0.2) is 0 Å². The number of nitrogens with two attached hydrogens (primary N) is 1. The van der Waals surface area contributed by atoms with E-state index in [1.807, 2.05) is 4.90 Å². The normalized spacial score (nSPS) is 29.1. The first-order chi connectivity index (χ1) is 15.3. The van der Waals surface area contributed by atoms with Crippen molar-refractivity contribution >= 4 is 11.8 Å². The Balaban J connectivity index is 1.65. The van der Waals surface area contributed by atoms with Crippen LogP contribution in [0.1, 0.15) is 79.1 Å². The molecule has 3 aliphatic rings. The van der Waals surface area contributed by atoms with Gasteiger partial charge < -0.3 is 16.0 Å². The fourth-order valence-corrected chi connectivity index (χ4v) is 5.83. The summed E-state index contributed by atoms with van der Waals surface area (Å²) in [6.45, 7) is 13.4. The number of amides is 2. The molecule has 0 spiro atoms. The van der Waals surface area contributed by atoms with Crippen molar-refractivity contribution in [1.29, 1.82) is 0 Å². The molecule has 2 saturated carbocycles. The molecule has 0 aromatic carbocycles. The number of nitrogens with zero attached hydrogens (tertiary/aromatic N) is 2. The quantitative estimate of drug-likeness (QED) is 0.538. The summed E-state index contributed by atoms with van der Waals surface area (Å²) in [7, 11) is 0. The number of hydrogen-bond donors (Lipinski definition) is 2. The Morgan fingerprint density at radius 3 is 2.22 bits per heavy atom. The van der Waals surface area contributed by atoms with E-state index in [0.717, 1.165) is 58.3 Å². The fourth-order valence-electron chi connectivity index (χ4n) is 5.83. The Bertz CT molecular complexity index is 609. The van der Waals surface area contributed by atoms with Crippen molar-refractivity contribution in [1.82, 2.24) is 15.1 Å². The lowest BCUT2D eigenvalue weighted by molar-refractivity contribution is -0.145. The van der Waals surface area contributed by atoms with Crippen molar-refractivity contribution in [2.45, 2.75) is 91.1 Å². The van der Waals surface area contributed by atoms with Crippen LogP contribution in [0.3, 0.4) is 0 Å². The number of likely N-dealkylation sites (tertiary alicyclic amines) is 1. The van der Waals surface area contributed by atoms with Gasteiger partial charge in [-0.1, -0.05) is 34.1 Å². The maximum atomic E-state index is 13.4.